The molecule has 1 aromatic carbocycles. The Kier molecular flexibility index (Phi) is 5.36. The zero-order valence-corrected chi connectivity index (χ0v) is 11.7. The fourth-order valence-electron chi connectivity index (χ4n) is 1.65. The number of hydrogen-bond donors (Lipinski definition) is 0. The molecule has 0 amide bonds. The molecule has 0 spiro atoms. The van der Waals surface area contributed by atoms with Gasteiger partial charge >= 0.3 is 0 Å². The van der Waals surface area contributed by atoms with E-state index in [1.807, 2.05) is 0 Å². The van der Waals surface area contributed by atoms with Crippen molar-refractivity contribution in [2.24, 2.45) is 4.99 Å². The van der Waals surface area contributed by atoms with Gasteiger partial charge in [0.15, 0.2) is 0 Å². The van der Waals surface area contributed by atoms with Gasteiger partial charge in [0.2, 0.25) is 0 Å². The third-order valence-corrected chi connectivity index (χ3v) is 3.08. The molecule has 0 bridgehead atoms. The van der Waals surface area contributed by atoms with Gasteiger partial charge < -0.3 is 0 Å². The normalized spacial score (nSPS) is 12.5. The second-order valence-corrected chi connectivity index (χ2v) is 4.77. The van der Waals surface area contributed by atoms with Gasteiger partial charge in [-0.1, -0.05) is 24.3 Å². The quantitative estimate of drug-likeness (QED) is 0.711. The predicted octanol–water partition coefficient (Wildman–Crippen LogP) is 3.36. The SMILES string of the molecule is CCN=C(C)c1ccc(CN(C)C(C)C)cc1. The molecule has 1 aromatic rings. The van der Waals surface area contributed by atoms with Crippen LogP contribution in [0.25, 0.3) is 0 Å². The highest BCUT2D eigenvalue weighted by Crippen LogP contribution is 2.09. The topological polar surface area (TPSA) is 15.6 Å². The zero-order chi connectivity index (χ0) is 12.8. The van der Waals surface area contributed by atoms with Crippen LogP contribution in [0.3, 0.4) is 0 Å². The number of aliphatic imine (C=N–C) groups is 1. The van der Waals surface area contributed by atoms with E-state index in [1.165, 1.54) is 11.1 Å². The molecule has 0 heterocycles. The minimum absolute atomic E-state index is 0.582. The third kappa shape index (κ3) is 4.31. The Morgan fingerprint density at radius 3 is 2.29 bits per heavy atom. The number of nitrogens with zero attached hydrogens (tertiary/aromatic N) is 2. The van der Waals surface area contributed by atoms with Gasteiger partial charge in [-0.15, -0.1) is 0 Å². The zero-order valence-electron chi connectivity index (χ0n) is 11.7. The van der Waals surface area contributed by atoms with Crippen LogP contribution in [-0.4, -0.2) is 30.2 Å². The summed E-state index contributed by atoms with van der Waals surface area (Å²) in [5.41, 5.74) is 3.70. The molecule has 0 fully saturated rings. The minimum atomic E-state index is 0.582. The van der Waals surface area contributed by atoms with E-state index < -0.39 is 0 Å². The average Bonchev–Trinajstić information content (AvgIpc) is 2.30. The van der Waals surface area contributed by atoms with Crippen molar-refractivity contribution in [2.75, 3.05) is 13.6 Å². The van der Waals surface area contributed by atoms with E-state index in [0.717, 1.165) is 18.8 Å². The molecule has 0 saturated heterocycles. The summed E-state index contributed by atoms with van der Waals surface area (Å²) in [4.78, 5) is 6.76. The van der Waals surface area contributed by atoms with Gasteiger partial charge in [-0.3, -0.25) is 9.89 Å². The summed E-state index contributed by atoms with van der Waals surface area (Å²) in [6.07, 6.45) is 0. The van der Waals surface area contributed by atoms with Crippen LogP contribution in [0.2, 0.25) is 0 Å². The molecule has 0 aliphatic heterocycles. The molecular formula is C15H24N2. The molecular weight excluding hydrogens is 208 g/mol. The summed E-state index contributed by atoms with van der Waals surface area (Å²) in [5.74, 6) is 0. The first kappa shape index (κ1) is 13.9. The molecule has 0 unspecified atom stereocenters. The fourth-order valence-corrected chi connectivity index (χ4v) is 1.65. The lowest BCUT2D eigenvalue weighted by Crippen LogP contribution is -2.25. The Hall–Kier alpha value is -1.15. The highest BCUT2D eigenvalue weighted by atomic mass is 15.1. The van der Waals surface area contributed by atoms with Crippen LogP contribution in [0.4, 0.5) is 0 Å². The summed E-state index contributed by atoms with van der Waals surface area (Å²) in [6, 6.07) is 9.31. The van der Waals surface area contributed by atoms with Gasteiger partial charge in [0.25, 0.3) is 0 Å². The Labute approximate surface area is 105 Å². The minimum Gasteiger partial charge on any atom is -0.300 e. The monoisotopic (exact) mass is 232 g/mol. The molecule has 0 aliphatic rings. The summed E-state index contributed by atoms with van der Waals surface area (Å²) in [5, 5.41) is 0. The first-order chi connectivity index (χ1) is 8.04. The predicted molar refractivity (Wildman–Crippen MR) is 75.8 cm³/mol. The van der Waals surface area contributed by atoms with E-state index in [2.05, 4.69) is 68.9 Å². The summed E-state index contributed by atoms with van der Waals surface area (Å²) < 4.78 is 0. The van der Waals surface area contributed by atoms with Crippen LogP contribution in [0.15, 0.2) is 29.3 Å². The van der Waals surface area contributed by atoms with Crippen LogP contribution in [0.5, 0.6) is 0 Å². The number of rotatable bonds is 5. The van der Waals surface area contributed by atoms with Gasteiger partial charge in [0.1, 0.15) is 0 Å². The second kappa shape index (κ2) is 6.55. The van der Waals surface area contributed by atoms with Crippen molar-refractivity contribution in [2.45, 2.75) is 40.3 Å². The van der Waals surface area contributed by atoms with Crippen LogP contribution < -0.4 is 0 Å². The molecule has 2 nitrogen and oxygen atoms in total. The van der Waals surface area contributed by atoms with Crippen LogP contribution in [0, 0.1) is 0 Å². The summed E-state index contributed by atoms with van der Waals surface area (Å²) in [7, 11) is 2.16. The van der Waals surface area contributed by atoms with Gasteiger partial charge in [0.05, 0.1) is 0 Å². The number of benzene rings is 1. The standard InChI is InChI=1S/C15H24N2/c1-6-16-13(4)15-9-7-14(8-10-15)11-17(5)12(2)3/h7-10,12H,6,11H2,1-5H3. The third-order valence-electron chi connectivity index (χ3n) is 3.08. The molecule has 0 atom stereocenters. The van der Waals surface area contributed by atoms with Gasteiger partial charge in [-0.2, -0.15) is 0 Å². The summed E-state index contributed by atoms with van der Waals surface area (Å²) in [6.45, 7) is 10.4. The Balaban J connectivity index is 2.71. The second-order valence-electron chi connectivity index (χ2n) is 4.77. The first-order valence-corrected chi connectivity index (χ1v) is 6.35. The molecule has 2 heteroatoms. The lowest BCUT2D eigenvalue weighted by molar-refractivity contribution is 0.266. The van der Waals surface area contributed by atoms with E-state index in [0.29, 0.717) is 6.04 Å². The highest BCUT2D eigenvalue weighted by molar-refractivity contribution is 5.98. The Morgan fingerprint density at radius 1 is 1.24 bits per heavy atom. The van der Waals surface area contributed by atoms with Crippen molar-refractivity contribution >= 4 is 5.71 Å². The van der Waals surface area contributed by atoms with Gasteiger partial charge in [-0.25, -0.2) is 0 Å². The maximum Gasteiger partial charge on any atom is 0.0389 e. The molecule has 17 heavy (non-hydrogen) atoms. The molecule has 0 saturated carbocycles. The van der Waals surface area contributed by atoms with E-state index >= 15 is 0 Å². The molecule has 0 radical (unpaired) electrons. The van der Waals surface area contributed by atoms with Crippen molar-refractivity contribution in [3.05, 3.63) is 35.4 Å². The van der Waals surface area contributed by atoms with Crippen LogP contribution >= 0.6 is 0 Å². The molecule has 0 aliphatic carbocycles. The largest absolute Gasteiger partial charge is 0.300 e. The lowest BCUT2D eigenvalue weighted by Gasteiger charge is -2.21. The van der Waals surface area contributed by atoms with E-state index in [1.54, 1.807) is 0 Å². The van der Waals surface area contributed by atoms with Crippen molar-refractivity contribution in [1.82, 2.24) is 4.90 Å². The van der Waals surface area contributed by atoms with Crippen molar-refractivity contribution in [3.8, 4) is 0 Å². The fraction of sp³-hybridized carbons (Fsp3) is 0.533. The van der Waals surface area contributed by atoms with Crippen LogP contribution in [-0.2, 0) is 6.54 Å². The molecule has 0 aromatic heterocycles. The Bertz CT molecular complexity index is 363. The van der Waals surface area contributed by atoms with E-state index in [4.69, 9.17) is 0 Å². The Morgan fingerprint density at radius 2 is 1.82 bits per heavy atom. The summed E-state index contributed by atoms with van der Waals surface area (Å²) >= 11 is 0. The van der Waals surface area contributed by atoms with Crippen LogP contribution in [0.1, 0.15) is 38.8 Å². The molecule has 0 N–H and O–H groups in total. The molecule has 94 valence electrons. The van der Waals surface area contributed by atoms with E-state index in [9.17, 15) is 0 Å². The van der Waals surface area contributed by atoms with E-state index in [-0.39, 0.29) is 0 Å². The smallest absolute Gasteiger partial charge is 0.0389 e. The van der Waals surface area contributed by atoms with Gasteiger partial charge in [0, 0.05) is 24.8 Å². The van der Waals surface area contributed by atoms with Crippen molar-refractivity contribution < 1.29 is 0 Å². The van der Waals surface area contributed by atoms with Crippen molar-refractivity contribution in [3.63, 3.8) is 0 Å². The maximum atomic E-state index is 4.42. The first-order valence-electron chi connectivity index (χ1n) is 6.35. The average molecular weight is 232 g/mol. The highest BCUT2D eigenvalue weighted by Gasteiger charge is 2.04. The lowest BCUT2D eigenvalue weighted by atomic mass is 10.1. The van der Waals surface area contributed by atoms with Crippen molar-refractivity contribution in [1.29, 1.82) is 0 Å². The number of hydrogen-bond acceptors (Lipinski definition) is 2. The van der Waals surface area contributed by atoms with Gasteiger partial charge in [-0.05, 0) is 45.9 Å². The maximum absolute atomic E-state index is 4.42. The molecule has 1 rings (SSSR count).